The normalized spacial score (nSPS) is 15.6. The Morgan fingerprint density at radius 3 is 2.09 bits per heavy atom. The third kappa shape index (κ3) is 5.33. The van der Waals surface area contributed by atoms with Gasteiger partial charge in [0.15, 0.2) is 0 Å². The van der Waals surface area contributed by atoms with Crippen molar-refractivity contribution in [3.63, 3.8) is 0 Å². The number of piperidine rings is 1. The summed E-state index contributed by atoms with van der Waals surface area (Å²) in [5.74, 6) is -0.291. The molecule has 1 fully saturated rings. The molecular weight excluding hydrogens is 424 g/mol. The lowest BCUT2D eigenvalue weighted by atomic mass is 10.0. The molecule has 0 radical (unpaired) electrons. The Hall–Kier alpha value is -3.65. The van der Waals surface area contributed by atoms with E-state index in [1.807, 2.05) is 29.6 Å². The minimum Gasteiger partial charge on any atom is -0.326 e. The Morgan fingerprint density at radius 2 is 1.44 bits per heavy atom. The largest absolute Gasteiger partial charge is 0.326 e. The molecule has 0 unspecified atom stereocenters. The molecule has 3 aromatic rings. The number of hydrogen-bond donors (Lipinski definition) is 3. The van der Waals surface area contributed by atoms with Crippen LogP contribution in [0, 0.1) is 0 Å². The zero-order valence-corrected chi connectivity index (χ0v) is 18.2. The molecule has 7 nitrogen and oxygen atoms in total. The number of benzene rings is 2. The van der Waals surface area contributed by atoms with E-state index < -0.39 is 6.04 Å². The van der Waals surface area contributed by atoms with Gasteiger partial charge in [-0.2, -0.15) is 0 Å². The Kier molecular flexibility index (Phi) is 6.81. The maximum atomic E-state index is 12.9. The van der Waals surface area contributed by atoms with Gasteiger partial charge in [-0.3, -0.25) is 9.59 Å². The van der Waals surface area contributed by atoms with Crippen LogP contribution in [0.4, 0.5) is 21.9 Å². The summed E-state index contributed by atoms with van der Waals surface area (Å²) >= 11 is 1.39. The van der Waals surface area contributed by atoms with E-state index in [0.717, 1.165) is 12.8 Å². The average molecular weight is 449 g/mol. The summed E-state index contributed by atoms with van der Waals surface area (Å²) in [5, 5.41) is 10.3. The fourth-order valence-corrected chi connectivity index (χ4v) is 4.35. The Labute approximate surface area is 190 Å². The average Bonchev–Trinajstić information content (AvgIpc) is 3.35. The van der Waals surface area contributed by atoms with E-state index in [9.17, 15) is 14.4 Å². The molecule has 0 bridgehead atoms. The van der Waals surface area contributed by atoms with Gasteiger partial charge in [-0.05, 0) is 67.1 Å². The second-order valence-electron chi connectivity index (χ2n) is 7.50. The van der Waals surface area contributed by atoms with Crippen LogP contribution in [0.3, 0.4) is 0 Å². The summed E-state index contributed by atoms with van der Waals surface area (Å²) in [6, 6.07) is 18.8. The van der Waals surface area contributed by atoms with E-state index in [0.29, 0.717) is 34.9 Å². The number of amides is 4. The third-order valence-electron chi connectivity index (χ3n) is 5.24. The van der Waals surface area contributed by atoms with Gasteiger partial charge in [0.25, 0.3) is 5.91 Å². The highest BCUT2D eigenvalue weighted by molar-refractivity contribution is 7.12. The van der Waals surface area contributed by atoms with Crippen molar-refractivity contribution in [3.05, 3.63) is 77.0 Å². The van der Waals surface area contributed by atoms with Crippen LogP contribution in [0.15, 0.2) is 72.1 Å². The summed E-state index contributed by atoms with van der Waals surface area (Å²) in [6.45, 7) is 0.578. The van der Waals surface area contributed by atoms with Crippen molar-refractivity contribution in [3.8, 4) is 0 Å². The van der Waals surface area contributed by atoms with E-state index in [1.165, 1.54) is 11.3 Å². The van der Waals surface area contributed by atoms with Crippen LogP contribution in [0.25, 0.3) is 0 Å². The Bertz CT molecular complexity index is 1070. The molecule has 1 aromatic heterocycles. The molecule has 3 N–H and O–H groups in total. The number of likely N-dealkylation sites (tertiary alicyclic amines) is 1. The molecule has 1 aliphatic rings. The molecule has 32 heavy (non-hydrogen) atoms. The number of rotatable bonds is 5. The number of urea groups is 1. The second-order valence-corrected chi connectivity index (χ2v) is 8.45. The van der Waals surface area contributed by atoms with E-state index >= 15 is 0 Å². The molecule has 0 aliphatic carbocycles. The van der Waals surface area contributed by atoms with Crippen molar-refractivity contribution in [2.45, 2.75) is 25.3 Å². The topological polar surface area (TPSA) is 90.5 Å². The molecule has 4 rings (SSSR count). The molecule has 1 aliphatic heterocycles. The summed E-state index contributed by atoms with van der Waals surface area (Å²) < 4.78 is 0. The lowest BCUT2D eigenvalue weighted by Gasteiger charge is -2.34. The monoisotopic (exact) mass is 448 g/mol. The van der Waals surface area contributed by atoms with Crippen LogP contribution in [0.5, 0.6) is 0 Å². The van der Waals surface area contributed by atoms with E-state index in [2.05, 4.69) is 16.0 Å². The van der Waals surface area contributed by atoms with Gasteiger partial charge in [0.05, 0.1) is 4.88 Å². The first kappa shape index (κ1) is 21.6. The quantitative estimate of drug-likeness (QED) is 0.512. The first-order valence-electron chi connectivity index (χ1n) is 10.5. The molecule has 164 valence electrons. The highest BCUT2D eigenvalue weighted by Crippen LogP contribution is 2.23. The maximum Gasteiger partial charge on any atom is 0.323 e. The maximum absolute atomic E-state index is 12.9. The lowest BCUT2D eigenvalue weighted by molar-refractivity contribution is -0.121. The number of carbonyl (C=O) groups is 3. The number of nitrogens with zero attached hydrogens (tertiary/aromatic N) is 1. The molecule has 1 atom stereocenters. The van der Waals surface area contributed by atoms with Crippen LogP contribution in [-0.4, -0.2) is 35.3 Å². The van der Waals surface area contributed by atoms with Crippen molar-refractivity contribution < 1.29 is 14.4 Å². The predicted octanol–water partition coefficient (Wildman–Crippen LogP) is 5.03. The zero-order valence-electron chi connectivity index (χ0n) is 17.4. The van der Waals surface area contributed by atoms with E-state index in [4.69, 9.17) is 0 Å². The highest BCUT2D eigenvalue weighted by atomic mass is 32.1. The first-order chi connectivity index (χ1) is 15.6. The minimum absolute atomic E-state index is 0.0937. The fraction of sp³-hybridized carbons (Fsp3) is 0.208. The van der Waals surface area contributed by atoms with Gasteiger partial charge < -0.3 is 20.9 Å². The van der Waals surface area contributed by atoms with E-state index in [1.54, 1.807) is 47.4 Å². The lowest BCUT2D eigenvalue weighted by Crippen LogP contribution is -2.49. The van der Waals surface area contributed by atoms with Crippen LogP contribution in [0.1, 0.15) is 28.9 Å². The molecule has 1 saturated heterocycles. The zero-order chi connectivity index (χ0) is 22.3. The van der Waals surface area contributed by atoms with Crippen molar-refractivity contribution >= 4 is 46.2 Å². The van der Waals surface area contributed by atoms with Crippen LogP contribution < -0.4 is 16.0 Å². The molecule has 8 heteroatoms. The van der Waals surface area contributed by atoms with Gasteiger partial charge in [0.2, 0.25) is 5.91 Å². The molecule has 0 saturated carbocycles. The van der Waals surface area contributed by atoms with Crippen molar-refractivity contribution in [2.24, 2.45) is 0 Å². The number of thiophene rings is 1. The predicted molar refractivity (Wildman–Crippen MR) is 127 cm³/mol. The minimum atomic E-state index is -0.493. The number of para-hydroxylation sites is 1. The summed E-state index contributed by atoms with van der Waals surface area (Å²) in [6.07, 6.45) is 2.44. The Balaban J connectivity index is 1.35. The second kappa shape index (κ2) is 10.1. The number of carbonyl (C=O) groups excluding carboxylic acids is 3. The van der Waals surface area contributed by atoms with E-state index in [-0.39, 0.29) is 17.8 Å². The summed E-state index contributed by atoms with van der Waals surface area (Å²) in [7, 11) is 0. The van der Waals surface area contributed by atoms with Crippen LogP contribution in [-0.2, 0) is 4.79 Å². The molecule has 4 amide bonds. The third-order valence-corrected chi connectivity index (χ3v) is 6.10. The van der Waals surface area contributed by atoms with Gasteiger partial charge in [-0.15, -0.1) is 11.3 Å². The molecule has 0 spiro atoms. The van der Waals surface area contributed by atoms with Crippen LogP contribution >= 0.6 is 11.3 Å². The van der Waals surface area contributed by atoms with Crippen molar-refractivity contribution in [1.82, 2.24) is 4.90 Å². The summed E-state index contributed by atoms with van der Waals surface area (Å²) in [4.78, 5) is 40.2. The van der Waals surface area contributed by atoms with Gasteiger partial charge in [-0.25, -0.2) is 4.79 Å². The summed E-state index contributed by atoms with van der Waals surface area (Å²) in [5.41, 5.74) is 1.91. The molecule has 2 heterocycles. The van der Waals surface area contributed by atoms with Gasteiger partial charge >= 0.3 is 6.03 Å². The Morgan fingerprint density at radius 1 is 0.781 bits per heavy atom. The van der Waals surface area contributed by atoms with Crippen molar-refractivity contribution in [2.75, 3.05) is 22.5 Å². The molecular formula is C24H24N4O3S. The smallest absolute Gasteiger partial charge is 0.323 e. The van der Waals surface area contributed by atoms with Gasteiger partial charge in [-0.1, -0.05) is 24.3 Å². The fourth-order valence-electron chi connectivity index (χ4n) is 3.67. The number of hydrogen-bond acceptors (Lipinski definition) is 4. The molecule has 2 aromatic carbocycles. The van der Waals surface area contributed by atoms with Gasteiger partial charge in [0, 0.05) is 23.6 Å². The van der Waals surface area contributed by atoms with Gasteiger partial charge in [0.1, 0.15) is 6.04 Å². The SMILES string of the molecule is O=C(Nc1ccccc1)Nc1ccc(NC(=O)[C@H]2CCCCN2C(=O)c2cccs2)cc1. The van der Waals surface area contributed by atoms with Crippen LogP contribution in [0.2, 0.25) is 0 Å². The standard InChI is InChI=1S/C24H24N4O3S/c29-22(20-9-4-5-15-28(20)23(30)21-10-6-16-32-21)25-18-11-13-19(14-12-18)27-24(31)26-17-7-2-1-3-8-17/h1-3,6-8,10-14,16,20H,4-5,9,15H2,(H,25,29)(H2,26,27,31)/t20-/m1/s1. The number of nitrogens with one attached hydrogen (secondary N) is 3. The first-order valence-corrected chi connectivity index (χ1v) is 11.4. The van der Waals surface area contributed by atoms with Crippen molar-refractivity contribution in [1.29, 1.82) is 0 Å². The number of anilines is 3. The highest BCUT2D eigenvalue weighted by Gasteiger charge is 2.33.